The van der Waals surface area contributed by atoms with Gasteiger partial charge in [0.2, 0.25) is 0 Å². The number of hydrogen-bond acceptors (Lipinski definition) is 5. The molecule has 0 unspecified atom stereocenters. The van der Waals surface area contributed by atoms with E-state index in [2.05, 4.69) is 34.9 Å². The van der Waals surface area contributed by atoms with Crippen LogP contribution in [-0.2, 0) is 19.3 Å². The number of nitrogens with zero attached hydrogens (tertiary/aromatic N) is 2. The summed E-state index contributed by atoms with van der Waals surface area (Å²) in [5.41, 5.74) is 4.59. The summed E-state index contributed by atoms with van der Waals surface area (Å²) in [7, 11) is 1.68. The van der Waals surface area contributed by atoms with Gasteiger partial charge >= 0.3 is 0 Å². The maximum atomic E-state index is 5.25. The molecule has 0 atom stereocenters. The van der Waals surface area contributed by atoms with Crippen LogP contribution in [-0.4, -0.2) is 30.2 Å². The van der Waals surface area contributed by atoms with Crippen molar-refractivity contribution in [3.63, 3.8) is 0 Å². The van der Waals surface area contributed by atoms with Crippen molar-refractivity contribution in [3.8, 4) is 5.75 Å². The molecular weight excluding hydrogens is 336 g/mol. The van der Waals surface area contributed by atoms with Crippen molar-refractivity contribution in [1.82, 2.24) is 15.3 Å². The number of methoxy groups -OCH3 is 1. The molecule has 0 spiro atoms. The van der Waals surface area contributed by atoms with E-state index in [4.69, 9.17) is 14.7 Å². The first-order valence-electron chi connectivity index (χ1n) is 9.36. The monoisotopic (exact) mass is 360 g/mol. The number of benzene rings is 2. The largest absolute Gasteiger partial charge is 0.497 e. The van der Waals surface area contributed by atoms with Crippen molar-refractivity contribution < 1.29 is 4.74 Å². The van der Waals surface area contributed by atoms with Crippen molar-refractivity contribution in [2.24, 2.45) is 0 Å². The van der Waals surface area contributed by atoms with E-state index in [1.165, 1.54) is 11.1 Å². The minimum Gasteiger partial charge on any atom is -0.497 e. The highest BCUT2D eigenvalue weighted by Gasteiger charge is 2.17. The maximum absolute atomic E-state index is 5.25. The first-order chi connectivity index (χ1) is 13.3. The second-order valence-electron chi connectivity index (χ2n) is 6.68. The number of rotatable bonds is 5. The van der Waals surface area contributed by atoms with Gasteiger partial charge in [-0.15, -0.1) is 0 Å². The van der Waals surface area contributed by atoms with Gasteiger partial charge in [-0.1, -0.05) is 30.3 Å². The molecule has 5 heteroatoms. The van der Waals surface area contributed by atoms with Crippen LogP contribution in [0.1, 0.15) is 22.6 Å². The normalized spacial score (nSPS) is 13.5. The molecule has 1 aliphatic heterocycles. The highest BCUT2D eigenvalue weighted by Crippen LogP contribution is 2.25. The second kappa shape index (κ2) is 8.18. The molecule has 0 saturated heterocycles. The van der Waals surface area contributed by atoms with E-state index in [1.54, 1.807) is 7.11 Å². The third-order valence-corrected chi connectivity index (χ3v) is 4.79. The lowest BCUT2D eigenvalue weighted by molar-refractivity contribution is 0.415. The van der Waals surface area contributed by atoms with E-state index in [-0.39, 0.29) is 0 Å². The molecule has 0 aliphatic carbocycles. The summed E-state index contributed by atoms with van der Waals surface area (Å²) < 4.78 is 5.25. The van der Waals surface area contributed by atoms with Crippen molar-refractivity contribution in [3.05, 3.63) is 77.2 Å². The van der Waals surface area contributed by atoms with Crippen LogP contribution < -0.4 is 15.4 Å². The molecule has 3 aromatic rings. The Morgan fingerprint density at radius 2 is 1.74 bits per heavy atom. The molecule has 0 saturated carbocycles. The van der Waals surface area contributed by atoms with Gasteiger partial charge in [0.25, 0.3) is 0 Å². The fraction of sp³-hybridized carbons (Fsp3) is 0.273. The van der Waals surface area contributed by atoms with Crippen molar-refractivity contribution in [1.29, 1.82) is 0 Å². The summed E-state index contributed by atoms with van der Waals surface area (Å²) in [4.78, 5) is 9.77. The molecule has 138 valence electrons. The van der Waals surface area contributed by atoms with Crippen LogP contribution in [0.4, 0.5) is 11.5 Å². The van der Waals surface area contributed by atoms with E-state index in [9.17, 15) is 0 Å². The third kappa shape index (κ3) is 4.26. The molecule has 5 nitrogen and oxygen atoms in total. The summed E-state index contributed by atoms with van der Waals surface area (Å²) >= 11 is 0. The molecule has 0 bridgehead atoms. The summed E-state index contributed by atoms with van der Waals surface area (Å²) in [5.74, 6) is 2.62. The van der Waals surface area contributed by atoms with E-state index >= 15 is 0 Å². The molecular formula is C22H24N4O. The number of anilines is 2. The molecule has 0 radical (unpaired) electrons. The van der Waals surface area contributed by atoms with Crippen LogP contribution in [0.5, 0.6) is 5.75 Å². The maximum Gasteiger partial charge on any atom is 0.137 e. The zero-order valence-electron chi connectivity index (χ0n) is 15.5. The standard InChI is InChI=1S/C22H24N4O/c1-27-18-9-7-17(8-10-18)24-22-19-11-13-23-14-12-20(19)25-21(26-22)15-16-5-3-2-4-6-16/h2-10,23H,11-15H2,1H3,(H,24,25,26). The Labute approximate surface area is 159 Å². The number of aromatic nitrogens is 2. The summed E-state index contributed by atoms with van der Waals surface area (Å²) in [6, 6.07) is 18.3. The van der Waals surface area contributed by atoms with Gasteiger partial charge < -0.3 is 15.4 Å². The van der Waals surface area contributed by atoms with Crippen molar-refractivity contribution in [2.75, 3.05) is 25.5 Å². The van der Waals surface area contributed by atoms with Crippen molar-refractivity contribution >= 4 is 11.5 Å². The van der Waals surface area contributed by atoms with E-state index < -0.39 is 0 Å². The fourth-order valence-electron chi connectivity index (χ4n) is 3.37. The smallest absolute Gasteiger partial charge is 0.137 e. The Morgan fingerprint density at radius 1 is 0.963 bits per heavy atom. The fourth-order valence-corrected chi connectivity index (χ4v) is 3.37. The lowest BCUT2D eigenvalue weighted by Crippen LogP contribution is -2.16. The highest BCUT2D eigenvalue weighted by atomic mass is 16.5. The Hall–Kier alpha value is -2.92. The summed E-state index contributed by atoms with van der Waals surface area (Å²) in [5, 5.41) is 6.96. The number of ether oxygens (including phenoxy) is 1. The zero-order valence-corrected chi connectivity index (χ0v) is 15.5. The van der Waals surface area contributed by atoms with Crippen LogP contribution in [0, 0.1) is 0 Å². The summed E-state index contributed by atoms with van der Waals surface area (Å²) in [6.45, 7) is 1.91. The van der Waals surface area contributed by atoms with Gasteiger partial charge in [0.1, 0.15) is 17.4 Å². The number of nitrogens with one attached hydrogen (secondary N) is 2. The highest BCUT2D eigenvalue weighted by molar-refractivity contribution is 5.61. The molecule has 2 aromatic carbocycles. The lowest BCUT2D eigenvalue weighted by atomic mass is 10.1. The Balaban J connectivity index is 1.67. The van der Waals surface area contributed by atoms with Gasteiger partial charge in [-0.25, -0.2) is 9.97 Å². The van der Waals surface area contributed by atoms with Crippen molar-refractivity contribution in [2.45, 2.75) is 19.3 Å². The Morgan fingerprint density at radius 3 is 2.52 bits per heavy atom. The van der Waals surface area contributed by atoms with Gasteiger partial charge in [-0.2, -0.15) is 0 Å². The van der Waals surface area contributed by atoms with E-state index in [0.717, 1.165) is 61.1 Å². The lowest BCUT2D eigenvalue weighted by Gasteiger charge is -2.15. The molecule has 0 fully saturated rings. The van der Waals surface area contributed by atoms with Crippen LogP contribution in [0.15, 0.2) is 54.6 Å². The van der Waals surface area contributed by atoms with Crippen LogP contribution in [0.2, 0.25) is 0 Å². The minimum absolute atomic E-state index is 0.735. The van der Waals surface area contributed by atoms with Gasteiger partial charge in [0.15, 0.2) is 0 Å². The first-order valence-corrected chi connectivity index (χ1v) is 9.36. The molecule has 1 aliphatic rings. The second-order valence-corrected chi connectivity index (χ2v) is 6.68. The van der Waals surface area contributed by atoms with Crippen LogP contribution >= 0.6 is 0 Å². The third-order valence-electron chi connectivity index (χ3n) is 4.79. The number of hydrogen-bond donors (Lipinski definition) is 2. The molecule has 1 aromatic heterocycles. The van der Waals surface area contributed by atoms with E-state index in [1.807, 2.05) is 30.3 Å². The quantitative estimate of drug-likeness (QED) is 0.729. The average Bonchev–Trinajstić information content (AvgIpc) is 2.95. The molecule has 27 heavy (non-hydrogen) atoms. The molecule has 0 amide bonds. The Kier molecular flexibility index (Phi) is 5.30. The molecule has 4 rings (SSSR count). The predicted molar refractivity (Wildman–Crippen MR) is 108 cm³/mol. The SMILES string of the molecule is COc1ccc(Nc2nc(Cc3ccccc3)nc3c2CCNCC3)cc1. The van der Waals surface area contributed by atoms with Gasteiger partial charge in [-0.05, 0) is 42.8 Å². The summed E-state index contributed by atoms with van der Waals surface area (Å²) in [6.07, 6.45) is 2.59. The minimum atomic E-state index is 0.735. The van der Waals surface area contributed by atoms with Gasteiger partial charge in [0.05, 0.1) is 12.8 Å². The van der Waals surface area contributed by atoms with E-state index in [0.29, 0.717) is 0 Å². The first kappa shape index (κ1) is 17.5. The zero-order chi connectivity index (χ0) is 18.5. The Bertz CT molecular complexity index is 894. The van der Waals surface area contributed by atoms with Crippen LogP contribution in [0.3, 0.4) is 0 Å². The van der Waals surface area contributed by atoms with Crippen LogP contribution in [0.25, 0.3) is 0 Å². The topological polar surface area (TPSA) is 59.1 Å². The molecule has 2 heterocycles. The average molecular weight is 360 g/mol. The van der Waals surface area contributed by atoms with Gasteiger partial charge in [-0.3, -0.25) is 0 Å². The number of fused-ring (bicyclic) bond motifs is 1. The predicted octanol–water partition coefficient (Wildman–Crippen LogP) is 3.51. The van der Waals surface area contributed by atoms with Gasteiger partial charge in [0, 0.05) is 30.6 Å². The molecule has 2 N–H and O–H groups in total.